The second-order valence-electron chi connectivity index (χ2n) is 4.46. The van der Waals surface area contributed by atoms with E-state index in [1.807, 2.05) is 0 Å². The van der Waals surface area contributed by atoms with Crippen LogP contribution in [0.4, 0.5) is 4.79 Å². The van der Waals surface area contributed by atoms with Crippen molar-refractivity contribution in [1.29, 1.82) is 0 Å². The van der Waals surface area contributed by atoms with E-state index in [0.29, 0.717) is 19.5 Å². The van der Waals surface area contributed by atoms with Gasteiger partial charge in [-0.2, -0.15) is 0 Å². The van der Waals surface area contributed by atoms with Crippen LogP contribution in [0.15, 0.2) is 12.7 Å². The van der Waals surface area contributed by atoms with Crippen LogP contribution in [0.2, 0.25) is 0 Å². The summed E-state index contributed by atoms with van der Waals surface area (Å²) >= 11 is 0. The predicted octanol–water partition coefficient (Wildman–Crippen LogP) is -0.205. The minimum Gasteiger partial charge on any atom is -0.481 e. The second kappa shape index (κ2) is 7.52. The van der Waals surface area contributed by atoms with Crippen LogP contribution >= 0.6 is 0 Å². The molecule has 1 aliphatic heterocycles. The number of rotatable bonds is 5. The van der Waals surface area contributed by atoms with Crippen molar-refractivity contribution in [2.75, 3.05) is 26.2 Å². The van der Waals surface area contributed by atoms with Gasteiger partial charge in [-0.1, -0.05) is 6.08 Å². The number of carbonyl (C=O) groups is 3. The molecule has 1 unspecified atom stereocenters. The summed E-state index contributed by atoms with van der Waals surface area (Å²) < 4.78 is 0. The molecular weight excluding hydrogens is 250 g/mol. The van der Waals surface area contributed by atoms with Gasteiger partial charge in [-0.3, -0.25) is 19.8 Å². The molecule has 0 aliphatic carbocycles. The third-order valence-corrected chi connectivity index (χ3v) is 2.88. The highest BCUT2D eigenvalue weighted by molar-refractivity contribution is 5.95. The van der Waals surface area contributed by atoms with Crippen molar-refractivity contribution in [2.24, 2.45) is 5.92 Å². The topological polar surface area (TPSA) is 98.7 Å². The maximum Gasteiger partial charge on any atom is 0.321 e. The quantitative estimate of drug-likeness (QED) is 0.600. The zero-order chi connectivity index (χ0) is 14.3. The van der Waals surface area contributed by atoms with E-state index in [-0.39, 0.29) is 13.1 Å². The molecule has 0 aromatic carbocycles. The number of carbonyl (C=O) groups excluding carboxylic acids is 2. The minimum atomic E-state index is -0.839. The van der Waals surface area contributed by atoms with Gasteiger partial charge in [-0.15, -0.1) is 6.58 Å². The highest BCUT2D eigenvalue weighted by atomic mass is 16.4. The lowest BCUT2D eigenvalue weighted by Crippen LogP contribution is -2.47. The molecule has 0 spiro atoms. The zero-order valence-corrected chi connectivity index (χ0v) is 10.7. The molecule has 7 heteroatoms. The summed E-state index contributed by atoms with van der Waals surface area (Å²) in [5.41, 5.74) is 0. The molecule has 1 aliphatic rings. The van der Waals surface area contributed by atoms with E-state index in [0.717, 1.165) is 6.42 Å². The maximum absolute atomic E-state index is 11.6. The Balaban J connectivity index is 2.33. The molecule has 7 nitrogen and oxygen atoms in total. The van der Waals surface area contributed by atoms with E-state index in [2.05, 4.69) is 17.2 Å². The fourth-order valence-corrected chi connectivity index (χ4v) is 1.98. The van der Waals surface area contributed by atoms with Crippen LogP contribution in [-0.4, -0.2) is 54.1 Å². The Morgan fingerprint density at radius 3 is 2.79 bits per heavy atom. The summed E-state index contributed by atoms with van der Waals surface area (Å²) in [6.07, 6.45) is 2.88. The Kier molecular flexibility index (Phi) is 6.01. The van der Waals surface area contributed by atoms with E-state index in [4.69, 9.17) is 5.11 Å². The van der Waals surface area contributed by atoms with Crippen molar-refractivity contribution in [3.63, 3.8) is 0 Å². The SMILES string of the molecule is C=CCNC(=O)NC(=O)CN1CCCC(C(=O)O)C1. The van der Waals surface area contributed by atoms with E-state index < -0.39 is 23.8 Å². The number of hydrogen-bond acceptors (Lipinski definition) is 4. The first kappa shape index (κ1) is 15.2. The van der Waals surface area contributed by atoms with Gasteiger partial charge >= 0.3 is 12.0 Å². The number of nitrogens with one attached hydrogen (secondary N) is 2. The van der Waals surface area contributed by atoms with Crippen molar-refractivity contribution in [2.45, 2.75) is 12.8 Å². The number of aliphatic carboxylic acids is 1. The molecule has 0 aromatic heterocycles. The van der Waals surface area contributed by atoms with Crippen LogP contribution in [0.3, 0.4) is 0 Å². The second-order valence-corrected chi connectivity index (χ2v) is 4.46. The molecule has 106 valence electrons. The molecule has 0 bridgehead atoms. The molecular formula is C12H19N3O4. The van der Waals surface area contributed by atoms with Gasteiger partial charge in [-0.05, 0) is 19.4 Å². The molecule has 0 radical (unpaired) electrons. The molecule has 3 N–H and O–H groups in total. The first-order chi connectivity index (χ1) is 9.02. The van der Waals surface area contributed by atoms with E-state index in [1.54, 1.807) is 4.90 Å². The summed E-state index contributed by atoms with van der Waals surface area (Å²) in [5, 5.41) is 13.5. The lowest BCUT2D eigenvalue weighted by atomic mass is 9.98. The summed E-state index contributed by atoms with van der Waals surface area (Å²) in [7, 11) is 0. The Bertz CT molecular complexity index is 370. The third kappa shape index (κ3) is 5.52. The van der Waals surface area contributed by atoms with Gasteiger partial charge in [0.25, 0.3) is 0 Å². The summed E-state index contributed by atoms with van der Waals surface area (Å²) in [4.78, 5) is 35.4. The molecule has 19 heavy (non-hydrogen) atoms. The van der Waals surface area contributed by atoms with Crippen molar-refractivity contribution in [3.8, 4) is 0 Å². The molecule has 1 saturated heterocycles. The maximum atomic E-state index is 11.6. The Hall–Kier alpha value is -1.89. The predicted molar refractivity (Wildman–Crippen MR) is 68.5 cm³/mol. The van der Waals surface area contributed by atoms with Gasteiger partial charge in [0.1, 0.15) is 0 Å². The summed E-state index contributed by atoms with van der Waals surface area (Å²) in [6, 6.07) is -0.573. The lowest BCUT2D eigenvalue weighted by Gasteiger charge is -2.29. The van der Waals surface area contributed by atoms with Gasteiger partial charge in [0, 0.05) is 13.1 Å². The molecule has 1 fully saturated rings. The molecule has 1 rings (SSSR count). The number of carboxylic acids is 1. The van der Waals surface area contributed by atoms with Crippen molar-refractivity contribution in [3.05, 3.63) is 12.7 Å². The minimum absolute atomic E-state index is 0.0330. The van der Waals surface area contributed by atoms with Crippen LogP contribution in [0.5, 0.6) is 0 Å². The smallest absolute Gasteiger partial charge is 0.321 e. The average Bonchev–Trinajstić information content (AvgIpc) is 2.36. The summed E-state index contributed by atoms with van der Waals surface area (Å²) in [6.45, 7) is 4.77. The van der Waals surface area contributed by atoms with Crippen molar-refractivity contribution in [1.82, 2.24) is 15.5 Å². The Morgan fingerprint density at radius 1 is 1.42 bits per heavy atom. The summed E-state index contributed by atoms with van der Waals surface area (Å²) in [5.74, 6) is -1.71. The number of carboxylic acid groups (broad SMARTS) is 1. The van der Waals surface area contributed by atoms with Gasteiger partial charge in [0.05, 0.1) is 12.5 Å². The van der Waals surface area contributed by atoms with Crippen LogP contribution in [0, 0.1) is 5.92 Å². The monoisotopic (exact) mass is 269 g/mol. The van der Waals surface area contributed by atoms with Gasteiger partial charge < -0.3 is 10.4 Å². The van der Waals surface area contributed by atoms with E-state index in [9.17, 15) is 14.4 Å². The van der Waals surface area contributed by atoms with Gasteiger partial charge in [0.15, 0.2) is 0 Å². The number of urea groups is 1. The number of piperidine rings is 1. The van der Waals surface area contributed by atoms with E-state index in [1.165, 1.54) is 6.08 Å². The van der Waals surface area contributed by atoms with Gasteiger partial charge in [-0.25, -0.2) is 4.79 Å². The first-order valence-electron chi connectivity index (χ1n) is 6.16. The third-order valence-electron chi connectivity index (χ3n) is 2.88. The van der Waals surface area contributed by atoms with Gasteiger partial charge in [0.2, 0.25) is 5.91 Å². The lowest BCUT2D eigenvalue weighted by molar-refractivity contribution is -0.144. The van der Waals surface area contributed by atoms with Crippen molar-refractivity contribution < 1.29 is 19.5 Å². The molecule has 3 amide bonds. The van der Waals surface area contributed by atoms with Crippen molar-refractivity contribution >= 4 is 17.9 Å². The number of likely N-dealkylation sites (tertiary alicyclic amines) is 1. The van der Waals surface area contributed by atoms with Crippen LogP contribution in [0.1, 0.15) is 12.8 Å². The number of hydrogen-bond donors (Lipinski definition) is 3. The normalized spacial score (nSPS) is 19.5. The van der Waals surface area contributed by atoms with Crippen LogP contribution < -0.4 is 10.6 Å². The molecule has 1 atom stereocenters. The molecule has 1 heterocycles. The largest absolute Gasteiger partial charge is 0.481 e. The Labute approximate surface area is 111 Å². The number of amides is 3. The average molecular weight is 269 g/mol. The van der Waals surface area contributed by atoms with E-state index >= 15 is 0 Å². The highest BCUT2D eigenvalue weighted by Gasteiger charge is 2.26. The zero-order valence-electron chi connectivity index (χ0n) is 10.7. The molecule has 0 saturated carbocycles. The Morgan fingerprint density at radius 2 is 2.16 bits per heavy atom. The number of nitrogens with zero attached hydrogens (tertiary/aromatic N) is 1. The fourth-order valence-electron chi connectivity index (χ4n) is 1.98. The van der Waals surface area contributed by atoms with Crippen LogP contribution in [-0.2, 0) is 9.59 Å². The molecule has 0 aromatic rings. The number of imide groups is 1. The first-order valence-corrected chi connectivity index (χ1v) is 6.16. The highest BCUT2D eigenvalue weighted by Crippen LogP contribution is 2.15. The standard InChI is InChI=1S/C12H19N3O4/c1-2-5-13-12(19)14-10(16)8-15-6-3-4-9(7-15)11(17)18/h2,9H,1,3-8H2,(H,17,18)(H2,13,14,16,19). The fraction of sp³-hybridized carbons (Fsp3) is 0.583. The van der Waals surface area contributed by atoms with Crippen LogP contribution in [0.25, 0.3) is 0 Å².